The van der Waals surface area contributed by atoms with Crippen LogP contribution in [0, 0.1) is 5.92 Å². The highest BCUT2D eigenvalue weighted by Gasteiger charge is 2.41. The van der Waals surface area contributed by atoms with E-state index in [0.717, 1.165) is 49.7 Å². The molecule has 0 saturated carbocycles. The zero-order valence-electron chi connectivity index (χ0n) is 17.6. The molecule has 2 atom stereocenters. The SMILES string of the molecule is COc1ccc([C@@](O)(CC(C)C)[C@@H](CN2CCOCC2)c2ccc(Cl)cc2)cc1. The number of ether oxygens (including phenoxy) is 2. The molecular weight excluding hydrogens is 386 g/mol. The van der Waals surface area contributed by atoms with Crippen molar-refractivity contribution in [3.05, 3.63) is 64.7 Å². The topological polar surface area (TPSA) is 41.9 Å². The van der Waals surface area contributed by atoms with Crippen LogP contribution in [0.5, 0.6) is 5.75 Å². The fourth-order valence-electron chi connectivity index (χ4n) is 4.23. The summed E-state index contributed by atoms with van der Waals surface area (Å²) < 4.78 is 10.9. The van der Waals surface area contributed by atoms with Gasteiger partial charge >= 0.3 is 0 Å². The van der Waals surface area contributed by atoms with Gasteiger partial charge in [0, 0.05) is 30.6 Å². The number of hydrogen-bond acceptors (Lipinski definition) is 4. The van der Waals surface area contributed by atoms with Crippen molar-refractivity contribution in [1.82, 2.24) is 4.90 Å². The second kappa shape index (κ2) is 9.94. The molecule has 1 aliphatic heterocycles. The summed E-state index contributed by atoms with van der Waals surface area (Å²) in [7, 11) is 1.66. The molecular formula is C24H32ClNO3. The van der Waals surface area contributed by atoms with Gasteiger partial charge in [-0.05, 0) is 47.7 Å². The van der Waals surface area contributed by atoms with Crippen LogP contribution in [0.2, 0.25) is 5.02 Å². The van der Waals surface area contributed by atoms with Crippen molar-refractivity contribution in [1.29, 1.82) is 0 Å². The zero-order chi connectivity index (χ0) is 20.9. The van der Waals surface area contributed by atoms with Crippen LogP contribution >= 0.6 is 11.6 Å². The van der Waals surface area contributed by atoms with E-state index < -0.39 is 5.60 Å². The first-order chi connectivity index (χ1) is 13.9. The molecule has 2 aromatic carbocycles. The minimum absolute atomic E-state index is 0.0892. The number of benzene rings is 2. The summed E-state index contributed by atoms with van der Waals surface area (Å²) in [5, 5.41) is 12.9. The smallest absolute Gasteiger partial charge is 0.118 e. The van der Waals surface area contributed by atoms with Crippen LogP contribution in [0.1, 0.15) is 37.3 Å². The fourth-order valence-corrected chi connectivity index (χ4v) is 4.36. The van der Waals surface area contributed by atoms with E-state index in [-0.39, 0.29) is 5.92 Å². The van der Waals surface area contributed by atoms with Gasteiger partial charge in [0.25, 0.3) is 0 Å². The molecule has 2 aromatic rings. The molecule has 1 saturated heterocycles. The van der Waals surface area contributed by atoms with Crippen LogP contribution in [-0.2, 0) is 10.3 Å². The second-order valence-electron chi connectivity index (χ2n) is 8.27. The molecule has 3 rings (SSSR count). The minimum Gasteiger partial charge on any atom is -0.497 e. The van der Waals surface area contributed by atoms with Gasteiger partial charge in [-0.1, -0.05) is 49.7 Å². The standard InChI is InChI=1S/C24H32ClNO3/c1-18(2)16-24(27,20-6-10-22(28-3)11-7-20)23(17-26-12-14-29-15-13-26)19-4-8-21(25)9-5-19/h4-11,18,23,27H,12-17H2,1-3H3/t23-,24-/m0/s1. The van der Waals surface area contributed by atoms with Crippen molar-refractivity contribution in [2.24, 2.45) is 5.92 Å². The third kappa shape index (κ3) is 5.52. The Bertz CT molecular complexity index is 757. The summed E-state index contributed by atoms with van der Waals surface area (Å²) in [5.41, 5.74) is 1.01. The average Bonchev–Trinajstić information content (AvgIpc) is 2.73. The highest BCUT2D eigenvalue weighted by atomic mass is 35.5. The third-order valence-electron chi connectivity index (χ3n) is 5.70. The van der Waals surface area contributed by atoms with E-state index in [1.54, 1.807) is 7.11 Å². The normalized spacial score (nSPS) is 18.4. The van der Waals surface area contributed by atoms with Gasteiger partial charge in [0.2, 0.25) is 0 Å². The molecule has 0 aromatic heterocycles. The number of methoxy groups -OCH3 is 1. The molecule has 0 aliphatic carbocycles. The molecule has 0 unspecified atom stereocenters. The molecule has 4 nitrogen and oxygen atoms in total. The largest absolute Gasteiger partial charge is 0.497 e. The number of aliphatic hydroxyl groups is 1. The molecule has 1 heterocycles. The Morgan fingerprint density at radius 3 is 2.24 bits per heavy atom. The highest BCUT2D eigenvalue weighted by molar-refractivity contribution is 6.30. The number of rotatable bonds is 8. The highest BCUT2D eigenvalue weighted by Crippen LogP contribution is 2.43. The third-order valence-corrected chi connectivity index (χ3v) is 5.95. The van der Waals surface area contributed by atoms with E-state index in [4.69, 9.17) is 21.1 Å². The van der Waals surface area contributed by atoms with Crippen LogP contribution in [0.4, 0.5) is 0 Å². The van der Waals surface area contributed by atoms with Gasteiger partial charge in [0.1, 0.15) is 5.75 Å². The predicted molar refractivity (Wildman–Crippen MR) is 118 cm³/mol. The first-order valence-electron chi connectivity index (χ1n) is 10.3. The van der Waals surface area contributed by atoms with Gasteiger partial charge in [-0.3, -0.25) is 4.90 Å². The maximum absolute atomic E-state index is 12.2. The first kappa shape index (κ1) is 22.1. The number of hydrogen-bond donors (Lipinski definition) is 1. The van der Waals surface area contributed by atoms with E-state index >= 15 is 0 Å². The van der Waals surface area contributed by atoms with Gasteiger partial charge in [0.15, 0.2) is 0 Å². The number of halogens is 1. The Morgan fingerprint density at radius 2 is 1.69 bits per heavy atom. The molecule has 1 aliphatic rings. The molecule has 1 N–H and O–H groups in total. The zero-order valence-corrected chi connectivity index (χ0v) is 18.4. The Balaban J connectivity index is 2.03. The van der Waals surface area contributed by atoms with Crippen molar-refractivity contribution in [2.45, 2.75) is 31.8 Å². The second-order valence-corrected chi connectivity index (χ2v) is 8.70. The van der Waals surface area contributed by atoms with Crippen LogP contribution in [0.3, 0.4) is 0 Å². The number of nitrogens with zero attached hydrogens (tertiary/aromatic N) is 1. The molecule has 0 bridgehead atoms. The van der Waals surface area contributed by atoms with E-state index in [0.29, 0.717) is 17.4 Å². The van der Waals surface area contributed by atoms with Crippen molar-refractivity contribution >= 4 is 11.6 Å². The maximum atomic E-state index is 12.2. The van der Waals surface area contributed by atoms with E-state index in [9.17, 15) is 5.11 Å². The first-order valence-corrected chi connectivity index (χ1v) is 10.7. The van der Waals surface area contributed by atoms with E-state index in [1.807, 2.05) is 48.5 Å². The van der Waals surface area contributed by atoms with Gasteiger partial charge < -0.3 is 14.6 Å². The van der Waals surface area contributed by atoms with Crippen molar-refractivity contribution in [2.75, 3.05) is 40.0 Å². The molecule has 29 heavy (non-hydrogen) atoms. The van der Waals surface area contributed by atoms with Crippen LogP contribution in [0.15, 0.2) is 48.5 Å². The maximum Gasteiger partial charge on any atom is 0.118 e. The molecule has 0 radical (unpaired) electrons. The summed E-state index contributed by atoms with van der Waals surface area (Å²) in [6.45, 7) is 8.30. The molecule has 158 valence electrons. The van der Waals surface area contributed by atoms with Crippen LogP contribution in [-0.4, -0.2) is 50.0 Å². The van der Waals surface area contributed by atoms with Crippen molar-refractivity contribution < 1.29 is 14.6 Å². The molecule has 5 heteroatoms. The minimum atomic E-state index is -1.01. The summed E-state index contributed by atoms with van der Waals surface area (Å²) >= 11 is 6.15. The lowest BCUT2D eigenvalue weighted by atomic mass is 9.72. The summed E-state index contributed by atoms with van der Waals surface area (Å²) in [4.78, 5) is 2.39. The summed E-state index contributed by atoms with van der Waals surface area (Å²) in [6.07, 6.45) is 0.664. The monoisotopic (exact) mass is 417 g/mol. The Kier molecular flexibility index (Phi) is 7.58. The molecule has 0 amide bonds. The quantitative estimate of drug-likeness (QED) is 0.676. The number of morpholine rings is 1. The van der Waals surface area contributed by atoms with Gasteiger partial charge in [-0.25, -0.2) is 0 Å². The van der Waals surface area contributed by atoms with Crippen LogP contribution < -0.4 is 4.74 Å². The Labute approximate surface area is 179 Å². The Morgan fingerprint density at radius 1 is 1.07 bits per heavy atom. The van der Waals surface area contributed by atoms with Crippen LogP contribution in [0.25, 0.3) is 0 Å². The van der Waals surface area contributed by atoms with Crippen molar-refractivity contribution in [3.63, 3.8) is 0 Å². The van der Waals surface area contributed by atoms with Gasteiger partial charge in [-0.15, -0.1) is 0 Å². The van der Waals surface area contributed by atoms with Crippen molar-refractivity contribution in [3.8, 4) is 5.75 Å². The van der Waals surface area contributed by atoms with Gasteiger partial charge in [0.05, 0.1) is 25.9 Å². The predicted octanol–water partition coefficient (Wildman–Crippen LogP) is 4.70. The molecule has 0 spiro atoms. The Hall–Kier alpha value is -1.59. The van der Waals surface area contributed by atoms with Gasteiger partial charge in [-0.2, -0.15) is 0 Å². The lowest BCUT2D eigenvalue weighted by molar-refractivity contribution is -0.0356. The summed E-state index contributed by atoms with van der Waals surface area (Å²) in [5.74, 6) is 1.03. The fraction of sp³-hybridized carbons (Fsp3) is 0.500. The lowest BCUT2D eigenvalue weighted by Gasteiger charge is -2.42. The molecule has 1 fully saturated rings. The van der Waals surface area contributed by atoms with E-state index in [1.165, 1.54) is 0 Å². The van der Waals surface area contributed by atoms with E-state index in [2.05, 4.69) is 18.7 Å². The average molecular weight is 418 g/mol. The summed E-state index contributed by atoms with van der Waals surface area (Å²) in [6, 6.07) is 15.7. The lowest BCUT2D eigenvalue weighted by Crippen LogP contribution is -2.45.